The van der Waals surface area contributed by atoms with Crippen molar-refractivity contribution in [2.75, 3.05) is 0 Å². The number of aliphatic hydroxyl groups excluding tert-OH is 1. The summed E-state index contributed by atoms with van der Waals surface area (Å²) in [6.45, 7) is 1.87. The molecule has 116 valence electrons. The zero-order valence-electron chi connectivity index (χ0n) is 12.3. The van der Waals surface area contributed by atoms with Gasteiger partial charge in [-0.1, -0.05) is 25.5 Å². The van der Waals surface area contributed by atoms with Crippen LogP contribution in [0.2, 0.25) is 0 Å². The Kier molecular flexibility index (Phi) is 4.08. The molecule has 2 fully saturated rings. The van der Waals surface area contributed by atoms with E-state index in [9.17, 15) is 13.5 Å². The van der Waals surface area contributed by atoms with E-state index in [1.807, 2.05) is 6.92 Å². The quantitative estimate of drug-likeness (QED) is 0.878. The summed E-state index contributed by atoms with van der Waals surface area (Å²) < 4.78 is 27.9. The van der Waals surface area contributed by atoms with Crippen LogP contribution < -0.4 is 4.72 Å². The lowest BCUT2D eigenvalue weighted by molar-refractivity contribution is 0.173. The molecular formula is C16H23NO3S. The van der Waals surface area contributed by atoms with Crippen molar-refractivity contribution in [3.05, 3.63) is 29.8 Å². The standard InChI is InChI=1S/C16H23NO3S/c1-2-16(18)13-4-3-5-14(10-13)21(19,20)17-15-9-11-6-7-12(15)8-11/h3-5,10-12,15-18H,2,6-9H2,1H3. The van der Waals surface area contributed by atoms with Gasteiger partial charge in [0.05, 0.1) is 11.0 Å². The molecule has 1 aromatic carbocycles. The summed E-state index contributed by atoms with van der Waals surface area (Å²) in [5, 5.41) is 9.87. The summed E-state index contributed by atoms with van der Waals surface area (Å²) in [6.07, 6.45) is 4.50. The average molecular weight is 309 g/mol. The third-order valence-corrected chi connectivity index (χ3v) is 6.47. The number of rotatable bonds is 5. The minimum Gasteiger partial charge on any atom is -0.388 e. The van der Waals surface area contributed by atoms with E-state index < -0.39 is 16.1 Å². The normalized spacial score (nSPS) is 29.7. The van der Waals surface area contributed by atoms with Crippen molar-refractivity contribution in [2.24, 2.45) is 11.8 Å². The molecule has 21 heavy (non-hydrogen) atoms. The molecule has 2 bridgehead atoms. The number of sulfonamides is 1. The number of hydrogen-bond acceptors (Lipinski definition) is 3. The third kappa shape index (κ3) is 3.00. The highest BCUT2D eigenvalue weighted by atomic mass is 32.2. The van der Waals surface area contributed by atoms with Crippen molar-refractivity contribution in [3.8, 4) is 0 Å². The molecule has 2 aliphatic carbocycles. The Morgan fingerprint density at radius 3 is 2.76 bits per heavy atom. The van der Waals surface area contributed by atoms with Crippen molar-refractivity contribution in [2.45, 2.75) is 56.1 Å². The second-order valence-corrected chi connectivity index (χ2v) is 8.11. The lowest BCUT2D eigenvalue weighted by atomic mass is 9.96. The van der Waals surface area contributed by atoms with Crippen molar-refractivity contribution in [1.82, 2.24) is 4.72 Å². The lowest BCUT2D eigenvalue weighted by Crippen LogP contribution is -2.38. The maximum Gasteiger partial charge on any atom is 0.240 e. The summed E-state index contributed by atoms with van der Waals surface area (Å²) in [7, 11) is -3.49. The van der Waals surface area contributed by atoms with Crippen LogP contribution in [0.3, 0.4) is 0 Å². The van der Waals surface area contributed by atoms with E-state index in [1.54, 1.807) is 24.3 Å². The van der Waals surface area contributed by atoms with Crippen molar-refractivity contribution >= 4 is 10.0 Å². The van der Waals surface area contributed by atoms with Crippen molar-refractivity contribution in [1.29, 1.82) is 0 Å². The van der Waals surface area contributed by atoms with Crippen LogP contribution in [0, 0.1) is 11.8 Å². The van der Waals surface area contributed by atoms with Crippen molar-refractivity contribution in [3.63, 3.8) is 0 Å². The van der Waals surface area contributed by atoms with Crippen LogP contribution in [0.4, 0.5) is 0 Å². The van der Waals surface area contributed by atoms with Gasteiger partial charge >= 0.3 is 0 Å². The van der Waals surface area contributed by atoms with E-state index in [-0.39, 0.29) is 10.9 Å². The van der Waals surface area contributed by atoms with Crippen LogP contribution >= 0.6 is 0 Å². The molecule has 4 unspecified atom stereocenters. The molecule has 0 radical (unpaired) electrons. The molecule has 3 rings (SSSR count). The minimum absolute atomic E-state index is 0.0912. The average Bonchev–Trinajstić information content (AvgIpc) is 3.08. The largest absolute Gasteiger partial charge is 0.388 e. The Labute approximate surface area is 126 Å². The highest BCUT2D eigenvalue weighted by Crippen LogP contribution is 2.44. The molecule has 1 aromatic rings. The lowest BCUT2D eigenvalue weighted by Gasteiger charge is -2.23. The van der Waals surface area contributed by atoms with Crippen LogP contribution in [0.5, 0.6) is 0 Å². The molecule has 0 saturated heterocycles. The van der Waals surface area contributed by atoms with Gasteiger partial charge in [0, 0.05) is 6.04 Å². The first-order valence-electron chi connectivity index (χ1n) is 7.80. The van der Waals surface area contributed by atoms with Crippen molar-refractivity contribution < 1.29 is 13.5 Å². The van der Waals surface area contributed by atoms with E-state index in [0.717, 1.165) is 12.8 Å². The van der Waals surface area contributed by atoms with Gasteiger partial charge in [-0.05, 0) is 55.2 Å². The fourth-order valence-electron chi connectivity index (χ4n) is 3.78. The van der Waals surface area contributed by atoms with Gasteiger partial charge in [0.1, 0.15) is 0 Å². The Morgan fingerprint density at radius 2 is 2.14 bits per heavy atom. The van der Waals surface area contributed by atoms with E-state index in [2.05, 4.69) is 4.72 Å². The number of aliphatic hydroxyl groups is 1. The van der Waals surface area contributed by atoms with Crippen LogP contribution in [0.1, 0.15) is 50.7 Å². The van der Waals surface area contributed by atoms with Crippen LogP contribution in [0.25, 0.3) is 0 Å². The molecule has 2 N–H and O–H groups in total. The zero-order valence-corrected chi connectivity index (χ0v) is 13.1. The summed E-state index contributed by atoms with van der Waals surface area (Å²) in [5.74, 6) is 1.21. The predicted molar refractivity (Wildman–Crippen MR) is 81.3 cm³/mol. The van der Waals surface area contributed by atoms with Gasteiger partial charge in [-0.3, -0.25) is 0 Å². The minimum atomic E-state index is -3.49. The fourth-order valence-corrected chi connectivity index (χ4v) is 5.15. The fraction of sp³-hybridized carbons (Fsp3) is 0.625. The van der Waals surface area contributed by atoms with Gasteiger partial charge in [0.2, 0.25) is 10.0 Å². The van der Waals surface area contributed by atoms with Crippen LogP contribution in [0.15, 0.2) is 29.2 Å². The van der Waals surface area contributed by atoms with Gasteiger partial charge < -0.3 is 5.11 Å². The van der Waals surface area contributed by atoms with Crippen LogP contribution in [-0.2, 0) is 10.0 Å². The van der Waals surface area contributed by atoms with E-state index in [1.165, 1.54) is 12.8 Å². The topological polar surface area (TPSA) is 66.4 Å². The molecule has 0 spiro atoms. The van der Waals surface area contributed by atoms with Gasteiger partial charge in [0.25, 0.3) is 0 Å². The smallest absolute Gasteiger partial charge is 0.240 e. The molecule has 0 heterocycles. The Bertz CT molecular complexity index is 614. The zero-order chi connectivity index (χ0) is 15.0. The first kappa shape index (κ1) is 15.0. The summed E-state index contributed by atoms with van der Waals surface area (Å²) in [6, 6.07) is 6.74. The third-order valence-electron chi connectivity index (χ3n) is 4.98. The first-order valence-corrected chi connectivity index (χ1v) is 9.28. The van der Waals surface area contributed by atoms with Crippen LogP contribution in [-0.4, -0.2) is 19.6 Å². The monoisotopic (exact) mass is 309 g/mol. The second kappa shape index (κ2) is 5.71. The molecule has 4 atom stereocenters. The summed E-state index contributed by atoms with van der Waals surface area (Å²) in [5.41, 5.74) is 0.660. The molecule has 0 aliphatic heterocycles. The summed E-state index contributed by atoms with van der Waals surface area (Å²) >= 11 is 0. The van der Waals surface area contributed by atoms with Gasteiger partial charge in [-0.15, -0.1) is 0 Å². The molecule has 4 nitrogen and oxygen atoms in total. The maximum absolute atomic E-state index is 12.5. The maximum atomic E-state index is 12.5. The molecular weight excluding hydrogens is 286 g/mol. The Morgan fingerprint density at radius 1 is 1.33 bits per heavy atom. The highest BCUT2D eigenvalue weighted by Gasteiger charge is 2.41. The Hall–Kier alpha value is -0.910. The van der Waals surface area contributed by atoms with E-state index in [0.29, 0.717) is 23.8 Å². The molecule has 2 aliphatic rings. The summed E-state index contributed by atoms with van der Waals surface area (Å²) in [4.78, 5) is 0.260. The predicted octanol–water partition coefficient (Wildman–Crippen LogP) is 2.60. The number of nitrogens with one attached hydrogen (secondary N) is 1. The van der Waals surface area contributed by atoms with Gasteiger partial charge in [0.15, 0.2) is 0 Å². The molecule has 0 amide bonds. The molecule has 0 aromatic heterocycles. The number of hydrogen-bond donors (Lipinski definition) is 2. The van der Waals surface area contributed by atoms with Gasteiger partial charge in [-0.25, -0.2) is 13.1 Å². The second-order valence-electron chi connectivity index (χ2n) is 6.40. The number of benzene rings is 1. The molecule has 5 heteroatoms. The van der Waals surface area contributed by atoms with Gasteiger partial charge in [-0.2, -0.15) is 0 Å². The highest BCUT2D eigenvalue weighted by molar-refractivity contribution is 7.89. The van der Waals surface area contributed by atoms with E-state index >= 15 is 0 Å². The molecule has 2 saturated carbocycles. The Balaban J connectivity index is 1.78. The van der Waals surface area contributed by atoms with E-state index in [4.69, 9.17) is 0 Å². The SMILES string of the molecule is CCC(O)c1cccc(S(=O)(=O)NC2CC3CCC2C3)c1. The first-order chi connectivity index (χ1) is 9.99. The number of fused-ring (bicyclic) bond motifs is 2.